The normalized spacial score (nSPS) is 10.2. The number of hydrogen-bond acceptors (Lipinski definition) is 4. The van der Waals surface area contributed by atoms with E-state index >= 15 is 0 Å². The van der Waals surface area contributed by atoms with Gasteiger partial charge in [0, 0.05) is 29.6 Å². The second-order valence-corrected chi connectivity index (χ2v) is 5.52. The zero-order chi connectivity index (χ0) is 18.2. The number of urea groups is 1. The van der Waals surface area contributed by atoms with Gasteiger partial charge >= 0.3 is 6.03 Å². The van der Waals surface area contributed by atoms with Gasteiger partial charge in [0.1, 0.15) is 0 Å². The summed E-state index contributed by atoms with van der Waals surface area (Å²) in [5.41, 5.74) is 2.62. The molecule has 132 valence electrons. The molecule has 3 N–H and O–H groups in total. The summed E-state index contributed by atoms with van der Waals surface area (Å²) in [6.07, 6.45) is 4.78. The lowest BCUT2D eigenvalue weighted by molar-refractivity contribution is 0.0950. The fraction of sp³-hybridized carbons (Fsp3) is 0.105. The molecule has 0 unspecified atom stereocenters. The molecule has 0 saturated heterocycles. The van der Waals surface area contributed by atoms with Gasteiger partial charge in [0.25, 0.3) is 5.91 Å². The molecule has 3 rings (SSSR count). The lowest BCUT2D eigenvalue weighted by Crippen LogP contribution is -2.28. The van der Waals surface area contributed by atoms with Gasteiger partial charge in [0.2, 0.25) is 0 Å². The van der Waals surface area contributed by atoms with Crippen molar-refractivity contribution in [2.75, 3.05) is 5.32 Å². The number of nitrogens with zero attached hydrogens (tertiary/aromatic N) is 1. The van der Waals surface area contributed by atoms with Crippen molar-refractivity contribution in [3.05, 3.63) is 84.1 Å². The summed E-state index contributed by atoms with van der Waals surface area (Å²) in [5.74, 6) is -0.238. The Labute approximate surface area is 150 Å². The van der Waals surface area contributed by atoms with Crippen molar-refractivity contribution in [3.8, 4) is 0 Å². The van der Waals surface area contributed by atoms with Crippen molar-refractivity contribution in [1.82, 2.24) is 15.6 Å². The third-order valence-corrected chi connectivity index (χ3v) is 3.57. The van der Waals surface area contributed by atoms with Gasteiger partial charge in [-0.15, -0.1) is 0 Å². The van der Waals surface area contributed by atoms with Crippen molar-refractivity contribution in [2.24, 2.45) is 0 Å². The van der Waals surface area contributed by atoms with Gasteiger partial charge in [-0.3, -0.25) is 9.78 Å². The Kier molecular flexibility index (Phi) is 5.61. The number of benzene rings is 1. The maximum absolute atomic E-state index is 12.3. The van der Waals surface area contributed by atoms with Gasteiger partial charge in [0.05, 0.1) is 24.8 Å². The number of anilines is 1. The summed E-state index contributed by atoms with van der Waals surface area (Å²) < 4.78 is 4.94. The molecular weight excluding hydrogens is 332 g/mol. The summed E-state index contributed by atoms with van der Waals surface area (Å²) in [5, 5.41) is 8.21. The zero-order valence-electron chi connectivity index (χ0n) is 13.9. The van der Waals surface area contributed by atoms with E-state index in [1.165, 1.54) is 0 Å². The van der Waals surface area contributed by atoms with E-state index in [9.17, 15) is 9.59 Å². The van der Waals surface area contributed by atoms with Crippen LogP contribution in [0.4, 0.5) is 10.5 Å². The van der Waals surface area contributed by atoms with Gasteiger partial charge < -0.3 is 20.4 Å². The summed E-state index contributed by atoms with van der Waals surface area (Å²) in [6.45, 7) is 0.690. The molecule has 7 nitrogen and oxygen atoms in total. The van der Waals surface area contributed by atoms with E-state index in [0.29, 0.717) is 24.3 Å². The molecule has 0 aliphatic heterocycles. The number of aromatic nitrogens is 1. The topological polar surface area (TPSA) is 96.3 Å². The quantitative estimate of drug-likeness (QED) is 0.637. The van der Waals surface area contributed by atoms with Crippen LogP contribution in [-0.4, -0.2) is 16.9 Å². The summed E-state index contributed by atoms with van der Waals surface area (Å²) in [6, 6.07) is 13.6. The molecule has 2 aromatic heterocycles. The maximum atomic E-state index is 12.3. The highest BCUT2D eigenvalue weighted by atomic mass is 16.3. The molecule has 0 bridgehead atoms. The van der Waals surface area contributed by atoms with Gasteiger partial charge in [-0.25, -0.2) is 4.79 Å². The largest absolute Gasteiger partial charge is 0.472 e. The number of carbonyl (C=O) groups is 2. The van der Waals surface area contributed by atoms with Crippen LogP contribution in [0.25, 0.3) is 0 Å². The van der Waals surface area contributed by atoms with E-state index in [0.717, 1.165) is 11.3 Å². The van der Waals surface area contributed by atoms with Gasteiger partial charge in [-0.05, 0) is 36.4 Å². The molecule has 3 aromatic rings. The Hall–Kier alpha value is -3.61. The minimum atomic E-state index is -0.364. The number of furan rings is 1. The summed E-state index contributed by atoms with van der Waals surface area (Å²) in [4.78, 5) is 28.4. The third kappa shape index (κ3) is 4.94. The van der Waals surface area contributed by atoms with Crippen LogP contribution in [0.1, 0.15) is 21.6 Å². The molecule has 7 heteroatoms. The van der Waals surface area contributed by atoms with E-state index in [4.69, 9.17) is 4.42 Å². The molecule has 0 saturated carbocycles. The second kappa shape index (κ2) is 8.48. The highest BCUT2D eigenvalue weighted by molar-refractivity contribution is 5.96. The van der Waals surface area contributed by atoms with Crippen LogP contribution in [0.2, 0.25) is 0 Å². The van der Waals surface area contributed by atoms with Crippen LogP contribution in [-0.2, 0) is 13.1 Å². The van der Waals surface area contributed by atoms with E-state index in [1.807, 2.05) is 18.2 Å². The average molecular weight is 350 g/mol. The number of rotatable bonds is 6. The number of nitrogens with one attached hydrogen (secondary N) is 3. The molecule has 0 radical (unpaired) electrons. The molecule has 3 amide bonds. The number of pyridine rings is 1. The molecule has 26 heavy (non-hydrogen) atoms. The molecule has 0 fully saturated rings. The van der Waals surface area contributed by atoms with Crippen molar-refractivity contribution < 1.29 is 14.0 Å². The van der Waals surface area contributed by atoms with Crippen molar-refractivity contribution >= 4 is 17.6 Å². The third-order valence-electron chi connectivity index (χ3n) is 3.57. The minimum absolute atomic E-state index is 0.238. The second-order valence-electron chi connectivity index (χ2n) is 5.52. The van der Waals surface area contributed by atoms with E-state index in [2.05, 4.69) is 20.9 Å². The van der Waals surface area contributed by atoms with E-state index in [-0.39, 0.29) is 11.9 Å². The van der Waals surface area contributed by atoms with Crippen LogP contribution in [0.15, 0.2) is 71.7 Å². The van der Waals surface area contributed by atoms with E-state index in [1.54, 1.807) is 49.1 Å². The predicted octanol–water partition coefficient (Wildman–Crippen LogP) is 2.93. The van der Waals surface area contributed by atoms with E-state index < -0.39 is 0 Å². The van der Waals surface area contributed by atoms with Crippen LogP contribution in [0.5, 0.6) is 0 Å². The monoisotopic (exact) mass is 350 g/mol. The Morgan fingerprint density at radius 3 is 2.69 bits per heavy atom. The van der Waals surface area contributed by atoms with Gasteiger partial charge in [-0.1, -0.05) is 12.1 Å². The Balaban J connectivity index is 1.53. The molecule has 0 atom stereocenters. The average Bonchev–Trinajstić information content (AvgIpc) is 3.19. The zero-order valence-corrected chi connectivity index (χ0v) is 13.9. The van der Waals surface area contributed by atoms with Crippen LogP contribution >= 0.6 is 0 Å². The SMILES string of the molecule is O=C(NCc1ccoc1)Nc1cccc(C(=O)NCc2ccccn2)c1. The first-order chi connectivity index (χ1) is 12.7. The van der Waals surface area contributed by atoms with Gasteiger partial charge in [-0.2, -0.15) is 0 Å². The summed E-state index contributed by atoms with van der Waals surface area (Å²) in [7, 11) is 0. The lowest BCUT2D eigenvalue weighted by atomic mass is 10.2. The Bertz CT molecular complexity index is 864. The first-order valence-corrected chi connectivity index (χ1v) is 8.05. The maximum Gasteiger partial charge on any atom is 0.319 e. The fourth-order valence-electron chi connectivity index (χ4n) is 2.26. The van der Waals surface area contributed by atoms with Crippen molar-refractivity contribution in [1.29, 1.82) is 0 Å². The van der Waals surface area contributed by atoms with Crippen LogP contribution in [0, 0.1) is 0 Å². The molecule has 0 aliphatic rings. The molecular formula is C19H18N4O3. The first-order valence-electron chi connectivity index (χ1n) is 8.05. The fourth-order valence-corrected chi connectivity index (χ4v) is 2.26. The number of amides is 3. The Morgan fingerprint density at radius 1 is 1.00 bits per heavy atom. The van der Waals surface area contributed by atoms with Crippen LogP contribution < -0.4 is 16.0 Å². The van der Waals surface area contributed by atoms with Crippen molar-refractivity contribution in [2.45, 2.75) is 13.1 Å². The highest BCUT2D eigenvalue weighted by Crippen LogP contribution is 2.11. The minimum Gasteiger partial charge on any atom is -0.472 e. The Morgan fingerprint density at radius 2 is 1.92 bits per heavy atom. The molecule has 0 aliphatic carbocycles. The number of hydrogen-bond donors (Lipinski definition) is 3. The molecule has 2 heterocycles. The van der Waals surface area contributed by atoms with Gasteiger partial charge in [0.15, 0.2) is 0 Å². The molecule has 1 aromatic carbocycles. The lowest BCUT2D eigenvalue weighted by Gasteiger charge is -2.09. The summed E-state index contributed by atoms with van der Waals surface area (Å²) >= 11 is 0. The standard InChI is InChI=1S/C19H18N4O3/c24-18(21-12-17-5-1-2-8-20-17)15-4-3-6-16(10-15)23-19(25)22-11-14-7-9-26-13-14/h1-10,13H,11-12H2,(H,21,24)(H2,22,23,25). The molecule has 0 spiro atoms. The highest BCUT2D eigenvalue weighted by Gasteiger charge is 2.08. The predicted molar refractivity (Wildman–Crippen MR) is 96.4 cm³/mol. The first kappa shape index (κ1) is 17.2. The van der Waals surface area contributed by atoms with Crippen LogP contribution in [0.3, 0.4) is 0 Å². The smallest absolute Gasteiger partial charge is 0.319 e. The number of carbonyl (C=O) groups excluding carboxylic acids is 2. The van der Waals surface area contributed by atoms with Crippen molar-refractivity contribution in [3.63, 3.8) is 0 Å².